The fraction of sp³-hybridized carbons (Fsp3) is 0.200. The molecule has 0 fully saturated rings. The number of carbonyl (C=O) groups is 1. The Morgan fingerprint density at radius 1 is 1.11 bits per heavy atom. The average molecular weight is 362 g/mol. The Morgan fingerprint density at radius 3 is 2.56 bits per heavy atom. The standard InChI is InChI=1S/C20H18N4O3/c25-19(13-14-9-11-16(12-10-14)24(26)27)21-20-17-7-4-8-18(17)22-23(20)15-5-2-1-3-6-15/h1-3,5-6,9-12H,4,7-8,13H2,(H,21,25). The lowest BCUT2D eigenvalue weighted by atomic mass is 10.1. The van der Waals surface area contributed by atoms with Gasteiger partial charge in [0.05, 0.1) is 22.7 Å². The van der Waals surface area contributed by atoms with Crippen molar-refractivity contribution >= 4 is 17.4 Å². The van der Waals surface area contributed by atoms with Crippen molar-refractivity contribution in [2.24, 2.45) is 0 Å². The van der Waals surface area contributed by atoms with Crippen LogP contribution in [-0.4, -0.2) is 20.6 Å². The summed E-state index contributed by atoms with van der Waals surface area (Å²) in [4.78, 5) is 22.9. The van der Waals surface area contributed by atoms with Gasteiger partial charge in [-0.3, -0.25) is 14.9 Å². The molecule has 1 aliphatic rings. The van der Waals surface area contributed by atoms with Crippen LogP contribution in [0, 0.1) is 10.1 Å². The minimum absolute atomic E-state index is 0.0131. The number of aromatic nitrogens is 2. The van der Waals surface area contributed by atoms with Gasteiger partial charge in [0.2, 0.25) is 5.91 Å². The molecule has 0 saturated heterocycles. The largest absolute Gasteiger partial charge is 0.310 e. The fourth-order valence-corrected chi connectivity index (χ4v) is 3.37. The van der Waals surface area contributed by atoms with Crippen LogP contribution in [0.25, 0.3) is 5.69 Å². The van der Waals surface area contributed by atoms with Crippen LogP contribution in [0.15, 0.2) is 54.6 Å². The van der Waals surface area contributed by atoms with Gasteiger partial charge in [-0.1, -0.05) is 30.3 Å². The second kappa shape index (κ2) is 7.03. The lowest BCUT2D eigenvalue weighted by molar-refractivity contribution is -0.384. The number of rotatable bonds is 5. The molecular weight excluding hydrogens is 344 g/mol. The molecule has 0 unspecified atom stereocenters. The minimum atomic E-state index is -0.453. The number of non-ortho nitro benzene ring substituents is 1. The van der Waals surface area contributed by atoms with Gasteiger partial charge in [0.25, 0.3) is 5.69 Å². The zero-order chi connectivity index (χ0) is 18.8. The third-order valence-electron chi connectivity index (χ3n) is 4.68. The Kier molecular flexibility index (Phi) is 4.42. The molecule has 0 radical (unpaired) electrons. The first-order valence-electron chi connectivity index (χ1n) is 8.81. The van der Waals surface area contributed by atoms with Crippen LogP contribution in [0.5, 0.6) is 0 Å². The van der Waals surface area contributed by atoms with Gasteiger partial charge >= 0.3 is 0 Å². The highest BCUT2D eigenvalue weighted by Gasteiger charge is 2.24. The molecule has 7 heteroatoms. The number of carbonyl (C=O) groups excluding carboxylic acids is 1. The van der Waals surface area contributed by atoms with E-state index >= 15 is 0 Å². The smallest absolute Gasteiger partial charge is 0.269 e. The molecule has 136 valence electrons. The highest BCUT2D eigenvalue weighted by Crippen LogP contribution is 2.31. The maximum atomic E-state index is 12.6. The quantitative estimate of drug-likeness (QED) is 0.556. The normalized spacial score (nSPS) is 12.6. The number of aryl methyl sites for hydroxylation is 1. The molecule has 0 atom stereocenters. The molecule has 1 aliphatic carbocycles. The van der Waals surface area contributed by atoms with Gasteiger partial charge in [0.15, 0.2) is 0 Å². The summed E-state index contributed by atoms with van der Waals surface area (Å²) in [6.07, 6.45) is 3.00. The van der Waals surface area contributed by atoms with Crippen LogP contribution in [-0.2, 0) is 24.1 Å². The first-order valence-corrected chi connectivity index (χ1v) is 8.81. The van der Waals surface area contributed by atoms with E-state index in [1.54, 1.807) is 16.8 Å². The number of nitro groups is 1. The van der Waals surface area contributed by atoms with E-state index in [1.165, 1.54) is 12.1 Å². The molecule has 1 amide bonds. The number of hydrogen-bond donors (Lipinski definition) is 1. The van der Waals surface area contributed by atoms with Crippen molar-refractivity contribution in [2.45, 2.75) is 25.7 Å². The summed E-state index contributed by atoms with van der Waals surface area (Å²) >= 11 is 0. The van der Waals surface area contributed by atoms with E-state index in [4.69, 9.17) is 0 Å². The van der Waals surface area contributed by atoms with E-state index in [0.717, 1.165) is 47.6 Å². The summed E-state index contributed by atoms with van der Waals surface area (Å²) in [6.45, 7) is 0. The van der Waals surface area contributed by atoms with Crippen molar-refractivity contribution in [3.05, 3.63) is 81.5 Å². The van der Waals surface area contributed by atoms with Crippen LogP contribution in [0.3, 0.4) is 0 Å². The van der Waals surface area contributed by atoms with Crippen LogP contribution >= 0.6 is 0 Å². The monoisotopic (exact) mass is 362 g/mol. The van der Waals surface area contributed by atoms with Gasteiger partial charge in [0, 0.05) is 17.7 Å². The molecule has 0 bridgehead atoms. The number of fused-ring (bicyclic) bond motifs is 1. The molecule has 0 spiro atoms. The van der Waals surface area contributed by atoms with Crippen LogP contribution in [0.1, 0.15) is 23.2 Å². The van der Waals surface area contributed by atoms with Crippen molar-refractivity contribution in [2.75, 3.05) is 5.32 Å². The number of nitrogens with one attached hydrogen (secondary N) is 1. The number of nitrogens with zero attached hydrogens (tertiary/aromatic N) is 3. The SMILES string of the molecule is O=C(Cc1ccc([N+](=O)[O-])cc1)Nc1c2c(nn1-c1ccccc1)CCC2. The second-order valence-electron chi connectivity index (χ2n) is 6.52. The van der Waals surface area contributed by atoms with E-state index < -0.39 is 4.92 Å². The van der Waals surface area contributed by atoms with Crippen LogP contribution < -0.4 is 5.32 Å². The molecule has 1 aromatic heterocycles. The number of nitro benzene ring substituents is 1. The zero-order valence-corrected chi connectivity index (χ0v) is 14.6. The highest BCUT2D eigenvalue weighted by molar-refractivity contribution is 5.92. The second-order valence-corrected chi connectivity index (χ2v) is 6.52. The van der Waals surface area contributed by atoms with Gasteiger partial charge < -0.3 is 5.32 Å². The van der Waals surface area contributed by atoms with E-state index in [2.05, 4.69) is 10.4 Å². The number of benzene rings is 2. The molecular formula is C20H18N4O3. The van der Waals surface area contributed by atoms with Crippen molar-refractivity contribution in [3.8, 4) is 5.69 Å². The molecule has 2 aromatic carbocycles. The molecule has 0 saturated carbocycles. The van der Waals surface area contributed by atoms with Crippen molar-refractivity contribution in [3.63, 3.8) is 0 Å². The molecule has 1 N–H and O–H groups in total. The first-order chi connectivity index (χ1) is 13.1. The lowest BCUT2D eigenvalue weighted by Crippen LogP contribution is -2.18. The third kappa shape index (κ3) is 3.44. The summed E-state index contributed by atoms with van der Waals surface area (Å²) in [7, 11) is 0. The maximum absolute atomic E-state index is 12.6. The summed E-state index contributed by atoms with van der Waals surface area (Å²) in [6, 6.07) is 15.8. The Hall–Kier alpha value is -3.48. The summed E-state index contributed by atoms with van der Waals surface area (Å²) in [5.41, 5.74) is 3.76. The van der Waals surface area contributed by atoms with E-state index in [0.29, 0.717) is 0 Å². The Balaban J connectivity index is 1.57. The summed E-state index contributed by atoms with van der Waals surface area (Å²) in [5.74, 6) is 0.552. The van der Waals surface area contributed by atoms with Crippen molar-refractivity contribution in [1.29, 1.82) is 0 Å². The van der Waals surface area contributed by atoms with Crippen LogP contribution in [0.2, 0.25) is 0 Å². The zero-order valence-electron chi connectivity index (χ0n) is 14.6. The van der Waals surface area contributed by atoms with Gasteiger partial charge in [-0.2, -0.15) is 5.10 Å². The van der Waals surface area contributed by atoms with Crippen LogP contribution in [0.4, 0.5) is 11.5 Å². The number of para-hydroxylation sites is 1. The van der Waals surface area contributed by atoms with E-state index in [9.17, 15) is 14.9 Å². The predicted molar refractivity (Wildman–Crippen MR) is 101 cm³/mol. The minimum Gasteiger partial charge on any atom is -0.310 e. The first kappa shape index (κ1) is 17.0. The van der Waals surface area contributed by atoms with Gasteiger partial charge in [0.1, 0.15) is 5.82 Å². The Bertz CT molecular complexity index is 994. The summed E-state index contributed by atoms with van der Waals surface area (Å²) in [5, 5.41) is 18.4. The lowest BCUT2D eigenvalue weighted by Gasteiger charge is -2.11. The third-order valence-corrected chi connectivity index (χ3v) is 4.68. The van der Waals surface area contributed by atoms with E-state index in [1.807, 2.05) is 30.3 Å². The maximum Gasteiger partial charge on any atom is 0.269 e. The predicted octanol–water partition coefficient (Wildman–Crippen LogP) is 3.45. The highest BCUT2D eigenvalue weighted by atomic mass is 16.6. The van der Waals surface area contributed by atoms with Crippen molar-refractivity contribution in [1.82, 2.24) is 9.78 Å². The fourth-order valence-electron chi connectivity index (χ4n) is 3.37. The Labute approximate surface area is 155 Å². The van der Waals surface area contributed by atoms with Crippen molar-refractivity contribution < 1.29 is 9.72 Å². The molecule has 0 aliphatic heterocycles. The molecule has 27 heavy (non-hydrogen) atoms. The van der Waals surface area contributed by atoms with E-state index in [-0.39, 0.29) is 18.0 Å². The molecule has 3 aromatic rings. The number of anilines is 1. The topological polar surface area (TPSA) is 90.1 Å². The van der Waals surface area contributed by atoms with Gasteiger partial charge in [-0.05, 0) is 37.0 Å². The molecule has 4 rings (SSSR count). The average Bonchev–Trinajstić information content (AvgIpc) is 3.25. The number of hydrogen-bond acceptors (Lipinski definition) is 4. The van der Waals surface area contributed by atoms with Gasteiger partial charge in [-0.25, -0.2) is 4.68 Å². The summed E-state index contributed by atoms with van der Waals surface area (Å²) < 4.78 is 1.79. The molecule has 1 heterocycles. The Morgan fingerprint density at radius 2 is 1.85 bits per heavy atom. The molecule has 7 nitrogen and oxygen atoms in total. The number of amides is 1. The van der Waals surface area contributed by atoms with Gasteiger partial charge in [-0.15, -0.1) is 0 Å².